The maximum atomic E-state index is 12.5. The van der Waals surface area contributed by atoms with Crippen molar-refractivity contribution in [1.29, 1.82) is 0 Å². The lowest BCUT2D eigenvalue weighted by Gasteiger charge is -2.20. The Hall–Kier alpha value is -2.32. The second kappa shape index (κ2) is 7.28. The van der Waals surface area contributed by atoms with Crippen LogP contribution in [0.5, 0.6) is 0 Å². The number of carbonyl (C=O) groups is 3. The number of urea groups is 1. The summed E-state index contributed by atoms with van der Waals surface area (Å²) in [6, 6.07) is 10.6. The Morgan fingerprint density at radius 3 is 2.72 bits per heavy atom. The van der Waals surface area contributed by atoms with E-state index in [4.69, 9.17) is 0 Å². The topological polar surface area (TPSA) is 87.3 Å². The third kappa shape index (κ3) is 4.02. The van der Waals surface area contributed by atoms with Gasteiger partial charge in [0.15, 0.2) is 0 Å². The minimum Gasteiger partial charge on any atom is -0.347 e. The molecular weight excluding hydrogens is 358 g/mol. The third-order valence-electron chi connectivity index (χ3n) is 3.77. The number of benzene rings is 1. The Balaban J connectivity index is 1.67. The van der Waals surface area contributed by atoms with Gasteiger partial charge in [0.25, 0.3) is 11.8 Å². The summed E-state index contributed by atoms with van der Waals surface area (Å²) in [5, 5.41) is 9.73. The molecule has 1 aliphatic heterocycles. The van der Waals surface area contributed by atoms with Gasteiger partial charge in [-0.25, -0.2) is 4.79 Å². The number of hydrogen-bond acceptors (Lipinski definition) is 5. The summed E-state index contributed by atoms with van der Waals surface area (Å²) in [4.78, 5) is 37.6. The van der Waals surface area contributed by atoms with Crippen LogP contribution in [0.1, 0.15) is 22.2 Å². The van der Waals surface area contributed by atoms with Gasteiger partial charge in [0, 0.05) is 15.5 Å². The first kappa shape index (κ1) is 17.5. The quantitative estimate of drug-likeness (QED) is 0.534. The van der Waals surface area contributed by atoms with Gasteiger partial charge in [-0.15, -0.1) is 23.1 Å². The molecule has 8 heteroatoms. The molecular formula is C17H17N3O3S2. The molecule has 2 heterocycles. The average Bonchev–Trinajstić information content (AvgIpc) is 3.19. The lowest BCUT2D eigenvalue weighted by molar-refractivity contribution is -0.122. The number of carbonyl (C=O) groups excluding carboxylic acids is 3. The van der Waals surface area contributed by atoms with Crippen molar-refractivity contribution in [2.24, 2.45) is 0 Å². The normalized spacial score (nSPS) is 19.4. The Kier molecular flexibility index (Phi) is 5.10. The van der Waals surface area contributed by atoms with Gasteiger partial charge in [0.1, 0.15) is 5.54 Å². The molecule has 0 aliphatic carbocycles. The summed E-state index contributed by atoms with van der Waals surface area (Å²) >= 11 is 2.95. The fourth-order valence-corrected chi connectivity index (χ4v) is 4.14. The van der Waals surface area contributed by atoms with Crippen LogP contribution in [-0.4, -0.2) is 29.1 Å². The standard InChI is InChI=1S/C17H17N3O3S2/c1-17(15(22)19-16(23)20-17)10-25-13-7-3-2-6-12(13)14(21)18-9-11-5-4-8-24-11/h2-8H,9-10H2,1H3,(H,18,21)(H2,19,20,22,23)/t17-/m0/s1. The number of nitrogens with one attached hydrogen (secondary N) is 3. The van der Waals surface area contributed by atoms with E-state index in [-0.39, 0.29) is 11.8 Å². The van der Waals surface area contributed by atoms with E-state index in [1.165, 1.54) is 11.8 Å². The smallest absolute Gasteiger partial charge is 0.322 e. The van der Waals surface area contributed by atoms with Crippen LogP contribution >= 0.6 is 23.1 Å². The summed E-state index contributed by atoms with van der Waals surface area (Å²) in [5.41, 5.74) is -0.431. The zero-order chi connectivity index (χ0) is 17.9. The lowest BCUT2D eigenvalue weighted by Crippen LogP contribution is -2.46. The molecule has 0 unspecified atom stereocenters. The Labute approximate surface area is 153 Å². The van der Waals surface area contributed by atoms with Gasteiger partial charge >= 0.3 is 6.03 Å². The summed E-state index contributed by atoms with van der Waals surface area (Å²) in [5.74, 6) is -0.189. The first-order chi connectivity index (χ1) is 12.0. The van der Waals surface area contributed by atoms with Crippen molar-refractivity contribution in [1.82, 2.24) is 16.0 Å². The number of amides is 4. The van der Waals surface area contributed by atoms with E-state index < -0.39 is 11.6 Å². The number of hydrogen-bond donors (Lipinski definition) is 3. The maximum Gasteiger partial charge on any atom is 0.322 e. The van der Waals surface area contributed by atoms with Crippen molar-refractivity contribution in [2.75, 3.05) is 5.75 Å². The van der Waals surface area contributed by atoms with Crippen LogP contribution in [0.3, 0.4) is 0 Å². The maximum absolute atomic E-state index is 12.5. The van der Waals surface area contributed by atoms with Gasteiger partial charge in [-0.3, -0.25) is 14.9 Å². The van der Waals surface area contributed by atoms with Gasteiger partial charge in [-0.05, 0) is 30.5 Å². The van der Waals surface area contributed by atoms with Gasteiger partial charge in [-0.2, -0.15) is 0 Å². The number of thiophene rings is 1. The molecule has 2 aromatic rings. The highest BCUT2D eigenvalue weighted by atomic mass is 32.2. The Morgan fingerprint density at radius 1 is 1.24 bits per heavy atom. The molecule has 0 bridgehead atoms. The van der Waals surface area contributed by atoms with Gasteiger partial charge in [0.05, 0.1) is 12.1 Å². The predicted octanol–water partition coefficient (Wildman–Crippen LogP) is 2.37. The summed E-state index contributed by atoms with van der Waals surface area (Å²) in [6.07, 6.45) is 0. The highest BCUT2D eigenvalue weighted by Crippen LogP contribution is 2.27. The molecule has 1 fully saturated rings. The van der Waals surface area contributed by atoms with Crippen LogP contribution in [0.15, 0.2) is 46.7 Å². The van der Waals surface area contributed by atoms with E-state index in [9.17, 15) is 14.4 Å². The summed E-state index contributed by atoms with van der Waals surface area (Å²) in [6.45, 7) is 2.14. The molecule has 1 atom stereocenters. The van der Waals surface area contributed by atoms with E-state index in [0.717, 1.165) is 9.77 Å². The average molecular weight is 375 g/mol. The van der Waals surface area contributed by atoms with E-state index in [0.29, 0.717) is 17.9 Å². The van der Waals surface area contributed by atoms with Crippen molar-refractivity contribution in [3.63, 3.8) is 0 Å². The Morgan fingerprint density at radius 2 is 2.04 bits per heavy atom. The summed E-state index contributed by atoms with van der Waals surface area (Å²) in [7, 11) is 0. The minimum absolute atomic E-state index is 0.165. The molecule has 0 radical (unpaired) electrons. The molecule has 0 spiro atoms. The van der Waals surface area contributed by atoms with Crippen LogP contribution in [0, 0.1) is 0 Å². The SMILES string of the molecule is C[C@@]1(CSc2ccccc2C(=O)NCc2cccs2)NC(=O)NC1=O. The number of thioether (sulfide) groups is 1. The number of rotatable bonds is 6. The third-order valence-corrected chi connectivity index (χ3v) is 6.03. The molecule has 25 heavy (non-hydrogen) atoms. The first-order valence-electron chi connectivity index (χ1n) is 7.64. The molecule has 4 amide bonds. The molecule has 3 N–H and O–H groups in total. The largest absolute Gasteiger partial charge is 0.347 e. The predicted molar refractivity (Wildman–Crippen MR) is 97.7 cm³/mol. The highest BCUT2D eigenvalue weighted by molar-refractivity contribution is 7.99. The van der Waals surface area contributed by atoms with Crippen molar-refractivity contribution >= 4 is 40.9 Å². The summed E-state index contributed by atoms with van der Waals surface area (Å²) < 4.78 is 0. The molecule has 0 saturated carbocycles. The molecule has 1 saturated heterocycles. The zero-order valence-corrected chi connectivity index (χ0v) is 15.1. The second-order valence-corrected chi connectivity index (χ2v) is 7.84. The molecule has 1 aromatic heterocycles. The minimum atomic E-state index is -0.984. The van der Waals surface area contributed by atoms with Gasteiger partial charge < -0.3 is 10.6 Å². The van der Waals surface area contributed by atoms with Crippen LogP contribution in [0.2, 0.25) is 0 Å². The zero-order valence-electron chi connectivity index (χ0n) is 13.5. The fraction of sp³-hybridized carbons (Fsp3) is 0.235. The van der Waals surface area contributed by atoms with Crippen LogP contribution < -0.4 is 16.0 Å². The molecule has 130 valence electrons. The molecule has 3 rings (SSSR count). The van der Waals surface area contributed by atoms with Crippen molar-refractivity contribution in [3.8, 4) is 0 Å². The highest BCUT2D eigenvalue weighted by Gasteiger charge is 2.41. The van der Waals surface area contributed by atoms with E-state index in [1.807, 2.05) is 29.6 Å². The van der Waals surface area contributed by atoms with E-state index in [2.05, 4.69) is 16.0 Å². The van der Waals surface area contributed by atoms with Crippen molar-refractivity contribution in [2.45, 2.75) is 23.9 Å². The van der Waals surface area contributed by atoms with Crippen molar-refractivity contribution < 1.29 is 14.4 Å². The molecule has 6 nitrogen and oxygen atoms in total. The van der Waals surface area contributed by atoms with E-state index in [1.54, 1.807) is 30.4 Å². The van der Waals surface area contributed by atoms with Crippen LogP contribution in [-0.2, 0) is 11.3 Å². The van der Waals surface area contributed by atoms with Crippen LogP contribution in [0.25, 0.3) is 0 Å². The molecule has 1 aliphatic rings. The first-order valence-corrected chi connectivity index (χ1v) is 9.50. The van der Waals surface area contributed by atoms with Crippen molar-refractivity contribution in [3.05, 3.63) is 52.2 Å². The second-order valence-electron chi connectivity index (χ2n) is 5.79. The fourth-order valence-electron chi connectivity index (χ4n) is 2.36. The lowest BCUT2D eigenvalue weighted by atomic mass is 10.1. The van der Waals surface area contributed by atoms with Crippen LogP contribution in [0.4, 0.5) is 4.79 Å². The van der Waals surface area contributed by atoms with E-state index >= 15 is 0 Å². The molecule has 1 aromatic carbocycles. The monoisotopic (exact) mass is 375 g/mol. The number of imide groups is 1. The van der Waals surface area contributed by atoms with Gasteiger partial charge in [-0.1, -0.05) is 18.2 Å². The van der Waals surface area contributed by atoms with Gasteiger partial charge in [0.2, 0.25) is 0 Å². The Bertz CT molecular complexity index is 807.